The Hall–Kier alpha value is -0.480. The predicted molar refractivity (Wildman–Crippen MR) is 107 cm³/mol. The van der Waals surface area contributed by atoms with E-state index in [0.717, 1.165) is 0 Å². The monoisotopic (exact) mass is 594 g/mol. The minimum absolute atomic E-state index is 0.0222. The molecule has 0 radical (unpaired) electrons. The summed E-state index contributed by atoms with van der Waals surface area (Å²) in [5.41, 5.74) is 6.88. The summed E-state index contributed by atoms with van der Waals surface area (Å²) in [6.07, 6.45) is 0. The van der Waals surface area contributed by atoms with Crippen molar-refractivity contribution in [3.05, 3.63) is 49.1 Å². The molecule has 0 aromatic heterocycles. The average molecular weight is 594 g/mol. The molecule has 24 heavy (non-hydrogen) atoms. The quantitative estimate of drug-likeness (QED) is 0.277. The zero-order valence-electron chi connectivity index (χ0n) is 11.9. The number of benzene rings is 2. The van der Waals surface area contributed by atoms with Crippen LogP contribution in [0, 0.1) is 7.14 Å². The van der Waals surface area contributed by atoms with Crippen molar-refractivity contribution >= 4 is 71.0 Å². The van der Waals surface area contributed by atoms with Crippen LogP contribution < -0.4 is 10.5 Å². The van der Waals surface area contributed by atoms with E-state index in [2.05, 4.69) is 4.72 Å². The van der Waals surface area contributed by atoms with Crippen LogP contribution in [0.3, 0.4) is 0 Å². The first-order valence-electron chi connectivity index (χ1n) is 6.31. The van der Waals surface area contributed by atoms with Crippen LogP contribution in [0.15, 0.2) is 46.2 Å². The Kier molecular flexibility index (Phi) is 6.12. The molecular formula is C13H12I2N2O5S2. The van der Waals surface area contributed by atoms with Gasteiger partial charge in [0.05, 0.1) is 15.5 Å². The molecule has 0 bridgehead atoms. The number of halogens is 2. The first-order valence-corrected chi connectivity index (χ1v) is 11.4. The second-order valence-corrected chi connectivity index (χ2v) is 10.3. The van der Waals surface area contributed by atoms with Gasteiger partial charge in [-0.1, -0.05) is 12.1 Å². The van der Waals surface area contributed by atoms with Crippen molar-refractivity contribution in [1.82, 2.24) is 4.72 Å². The average Bonchev–Trinajstić information content (AvgIpc) is 2.49. The molecule has 4 N–H and O–H groups in total. The number of anilines is 1. The largest absolute Gasteiger partial charge is 0.397 e. The van der Waals surface area contributed by atoms with Crippen LogP contribution in [0.5, 0.6) is 0 Å². The number of sulfonamides is 1. The van der Waals surface area contributed by atoms with Gasteiger partial charge in [0.15, 0.2) is 0 Å². The molecule has 130 valence electrons. The van der Waals surface area contributed by atoms with E-state index >= 15 is 0 Å². The summed E-state index contributed by atoms with van der Waals surface area (Å²) < 4.78 is 59.3. The van der Waals surface area contributed by atoms with Gasteiger partial charge in [0.2, 0.25) is 10.0 Å². The van der Waals surface area contributed by atoms with Gasteiger partial charge in [-0.3, -0.25) is 4.55 Å². The molecule has 11 heteroatoms. The van der Waals surface area contributed by atoms with Gasteiger partial charge in [-0.15, -0.1) is 0 Å². The van der Waals surface area contributed by atoms with E-state index < -0.39 is 20.1 Å². The van der Waals surface area contributed by atoms with E-state index in [1.807, 2.05) is 45.2 Å². The summed E-state index contributed by atoms with van der Waals surface area (Å²) in [5.74, 6) is 0. The van der Waals surface area contributed by atoms with Crippen LogP contribution in [0.2, 0.25) is 0 Å². The summed E-state index contributed by atoms with van der Waals surface area (Å²) in [4.78, 5) is -0.156. The molecule has 0 heterocycles. The second kappa shape index (κ2) is 7.41. The van der Waals surface area contributed by atoms with Crippen LogP contribution in [0.1, 0.15) is 5.56 Å². The zero-order chi connectivity index (χ0) is 18.1. The van der Waals surface area contributed by atoms with Crippen LogP contribution in [-0.4, -0.2) is 21.4 Å². The van der Waals surface area contributed by atoms with Crippen molar-refractivity contribution in [1.29, 1.82) is 0 Å². The maximum Gasteiger partial charge on any atom is 0.294 e. The Bertz CT molecular complexity index is 951. The number of hydrogen-bond acceptors (Lipinski definition) is 5. The molecule has 0 aliphatic carbocycles. The minimum Gasteiger partial charge on any atom is -0.397 e. The fourth-order valence-electron chi connectivity index (χ4n) is 1.76. The van der Waals surface area contributed by atoms with Gasteiger partial charge in [-0.2, -0.15) is 8.42 Å². The lowest BCUT2D eigenvalue weighted by Gasteiger charge is -2.10. The molecular weight excluding hydrogens is 582 g/mol. The third-order valence-corrected chi connectivity index (χ3v) is 7.08. The van der Waals surface area contributed by atoms with Gasteiger partial charge in [0.25, 0.3) is 10.1 Å². The van der Waals surface area contributed by atoms with E-state index in [1.54, 1.807) is 0 Å². The molecule has 0 amide bonds. The zero-order valence-corrected chi connectivity index (χ0v) is 17.8. The lowest BCUT2D eigenvalue weighted by atomic mass is 10.2. The van der Waals surface area contributed by atoms with E-state index in [0.29, 0.717) is 18.4 Å². The molecule has 0 aliphatic heterocycles. The minimum atomic E-state index is -4.27. The lowest BCUT2D eigenvalue weighted by molar-refractivity contribution is 0.483. The van der Waals surface area contributed by atoms with Gasteiger partial charge in [-0.05, 0) is 75.0 Å². The molecule has 0 saturated heterocycles. The second-order valence-electron chi connectivity index (χ2n) is 4.74. The number of rotatable bonds is 5. The first-order chi connectivity index (χ1) is 11.0. The Balaban J connectivity index is 2.19. The number of nitrogens with one attached hydrogen (secondary N) is 1. The molecule has 2 aromatic rings. The number of hydrogen-bond donors (Lipinski definition) is 3. The van der Waals surface area contributed by atoms with E-state index in [-0.39, 0.29) is 16.3 Å². The van der Waals surface area contributed by atoms with Crippen molar-refractivity contribution in [3.63, 3.8) is 0 Å². The predicted octanol–water partition coefficient (Wildman–Crippen LogP) is 2.20. The van der Waals surface area contributed by atoms with Crippen molar-refractivity contribution in [2.45, 2.75) is 16.3 Å². The third kappa shape index (κ3) is 4.78. The van der Waals surface area contributed by atoms with Crippen LogP contribution in [-0.2, 0) is 26.7 Å². The standard InChI is InChI=1S/C13H12I2N2O5S2/c14-11-5-10(6-12(15)13(11)16)23(18,19)17-7-8-1-3-9(4-2-8)24(20,21)22/h1-6,17H,7,16H2,(H,20,21,22). The van der Waals surface area contributed by atoms with Gasteiger partial charge in [0, 0.05) is 13.7 Å². The van der Waals surface area contributed by atoms with Gasteiger partial charge in [-0.25, -0.2) is 13.1 Å². The first kappa shape index (κ1) is 19.8. The molecule has 0 aliphatic rings. The summed E-state index contributed by atoms with van der Waals surface area (Å²) in [6.45, 7) is -0.0222. The van der Waals surface area contributed by atoms with Crippen LogP contribution in [0.25, 0.3) is 0 Å². The SMILES string of the molecule is Nc1c(I)cc(S(=O)(=O)NCc2ccc(S(=O)(=O)O)cc2)cc1I. The van der Waals surface area contributed by atoms with Gasteiger partial charge < -0.3 is 5.73 Å². The van der Waals surface area contributed by atoms with Gasteiger partial charge >= 0.3 is 0 Å². The maximum absolute atomic E-state index is 12.4. The molecule has 2 aromatic carbocycles. The molecule has 0 spiro atoms. The Morgan fingerprint density at radius 3 is 1.92 bits per heavy atom. The van der Waals surface area contributed by atoms with Crippen molar-refractivity contribution in [2.24, 2.45) is 0 Å². The lowest BCUT2D eigenvalue weighted by Crippen LogP contribution is -2.23. The topological polar surface area (TPSA) is 127 Å². The molecule has 2 rings (SSSR count). The number of nitrogens with two attached hydrogens (primary N) is 1. The van der Waals surface area contributed by atoms with Crippen LogP contribution >= 0.6 is 45.2 Å². The highest BCUT2D eigenvalue weighted by Gasteiger charge is 2.17. The highest BCUT2D eigenvalue weighted by atomic mass is 127. The van der Waals surface area contributed by atoms with E-state index in [1.165, 1.54) is 36.4 Å². The Morgan fingerprint density at radius 2 is 1.46 bits per heavy atom. The molecule has 0 unspecified atom stereocenters. The maximum atomic E-state index is 12.4. The van der Waals surface area contributed by atoms with E-state index in [4.69, 9.17) is 10.3 Å². The third-order valence-electron chi connectivity index (χ3n) is 3.05. The fourth-order valence-corrected chi connectivity index (χ4v) is 5.50. The highest BCUT2D eigenvalue weighted by Crippen LogP contribution is 2.25. The summed E-state index contributed by atoms with van der Waals surface area (Å²) in [7, 11) is -8.01. The normalized spacial score (nSPS) is 12.3. The van der Waals surface area contributed by atoms with E-state index in [9.17, 15) is 16.8 Å². The van der Waals surface area contributed by atoms with Crippen molar-refractivity contribution < 1.29 is 21.4 Å². The molecule has 0 saturated carbocycles. The fraction of sp³-hybridized carbons (Fsp3) is 0.0769. The highest BCUT2D eigenvalue weighted by molar-refractivity contribution is 14.1. The van der Waals surface area contributed by atoms with Crippen LogP contribution in [0.4, 0.5) is 5.69 Å². The van der Waals surface area contributed by atoms with Crippen molar-refractivity contribution in [2.75, 3.05) is 5.73 Å². The molecule has 0 atom stereocenters. The summed E-state index contributed by atoms with van der Waals surface area (Å²) in [5, 5.41) is 0. The molecule has 0 fully saturated rings. The van der Waals surface area contributed by atoms with Crippen molar-refractivity contribution in [3.8, 4) is 0 Å². The summed E-state index contributed by atoms with van der Waals surface area (Å²) >= 11 is 3.93. The molecule has 7 nitrogen and oxygen atoms in total. The Labute approximate surface area is 167 Å². The summed E-state index contributed by atoms with van der Waals surface area (Å²) in [6, 6.07) is 8.19. The van der Waals surface area contributed by atoms with Gasteiger partial charge in [0.1, 0.15) is 0 Å². The number of nitrogen functional groups attached to an aromatic ring is 1. The smallest absolute Gasteiger partial charge is 0.294 e. The Morgan fingerprint density at radius 1 is 0.958 bits per heavy atom.